The van der Waals surface area contributed by atoms with Crippen LogP contribution < -0.4 is 0 Å². The maximum Gasteiger partial charge on any atom is 0.410 e. The SMILES string of the molecule is Cc1cc(CN2CCN(C(=O)OC(C)(C)C)CC2)ccc1-c1ccc2n[nH]c(I)c2c1. The number of H-pyrrole nitrogens is 1. The van der Waals surface area contributed by atoms with Gasteiger partial charge in [-0.1, -0.05) is 24.3 Å². The molecule has 0 bridgehead atoms. The van der Waals surface area contributed by atoms with Crippen molar-refractivity contribution in [3.63, 3.8) is 0 Å². The summed E-state index contributed by atoms with van der Waals surface area (Å²) in [5, 5.41) is 8.52. The zero-order valence-corrected chi connectivity index (χ0v) is 20.7. The number of amides is 1. The normalized spacial score (nSPS) is 15.5. The third-order valence-electron chi connectivity index (χ3n) is 5.54. The molecule has 1 saturated heterocycles. The molecule has 1 aliphatic rings. The average molecular weight is 532 g/mol. The molecule has 0 unspecified atom stereocenters. The molecule has 1 fully saturated rings. The predicted octanol–water partition coefficient (Wildman–Crippen LogP) is 5.20. The number of carbonyl (C=O) groups is 1. The first-order valence-corrected chi connectivity index (χ1v) is 11.7. The van der Waals surface area contributed by atoms with Crippen molar-refractivity contribution in [3.8, 4) is 11.1 Å². The number of benzene rings is 2. The quantitative estimate of drug-likeness (QED) is 0.472. The number of aryl methyl sites for hydroxylation is 1. The molecule has 2 heterocycles. The highest BCUT2D eigenvalue weighted by Crippen LogP contribution is 2.29. The van der Waals surface area contributed by atoms with Gasteiger partial charge in [0, 0.05) is 38.1 Å². The summed E-state index contributed by atoms with van der Waals surface area (Å²) in [6.45, 7) is 11.9. The van der Waals surface area contributed by atoms with E-state index < -0.39 is 5.60 Å². The van der Waals surface area contributed by atoms with E-state index in [1.54, 1.807) is 0 Å². The van der Waals surface area contributed by atoms with Crippen LogP contribution in [0.2, 0.25) is 0 Å². The van der Waals surface area contributed by atoms with Gasteiger partial charge in [0.05, 0.1) is 5.52 Å². The van der Waals surface area contributed by atoms with Crippen LogP contribution in [0, 0.1) is 10.6 Å². The summed E-state index contributed by atoms with van der Waals surface area (Å²) in [7, 11) is 0. The first kappa shape index (κ1) is 22.1. The molecule has 31 heavy (non-hydrogen) atoms. The fourth-order valence-corrected chi connectivity index (χ4v) is 4.52. The highest BCUT2D eigenvalue weighted by molar-refractivity contribution is 14.1. The minimum atomic E-state index is -0.450. The molecule has 1 N–H and O–H groups in total. The number of hydrogen-bond donors (Lipinski definition) is 1. The van der Waals surface area contributed by atoms with Crippen molar-refractivity contribution in [1.82, 2.24) is 20.0 Å². The Kier molecular flexibility index (Phi) is 6.25. The molecule has 1 aliphatic heterocycles. The second-order valence-corrected chi connectivity index (χ2v) is 10.2. The Bertz CT molecular complexity index is 1090. The van der Waals surface area contributed by atoms with E-state index in [9.17, 15) is 4.79 Å². The molecule has 0 radical (unpaired) electrons. The maximum absolute atomic E-state index is 12.3. The van der Waals surface area contributed by atoms with E-state index in [1.807, 2.05) is 25.7 Å². The number of halogens is 1. The zero-order chi connectivity index (χ0) is 22.2. The minimum Gasteiger partial charge on any atom is -0.444 e. The van der Waals surface area contributed by atoms with E-state index >= 15 is 0 Å². The lowest BCUT2D eigenvalue weighted by atomic mass is 9.97. The number of nitrogens with zero attached hydrogens (tertiary/aromatic N) is 3. The van der Waals surface area contributed by atoms with Crippen LogP contribution in [0.15, 0.2) is 36.4 Å². The van der Waals surface area contributed by atoms with E-state index in [-0.39, 0.29) is 6.09 Å². The van der Waals surface area contributed by atoms with Crippen molar-refractivity contribution in [1.29, 1.82) is 0 Å². The summed E-state index contributed by atoms with van der Waals surface area (Å²) in [5.41, 5.74) is 5.56. The zero-order valence-electron chi connectivity index (χ0n) is 18.5. The predicted molar refractivity (Wildman–Crippen MR) is 132 cm³/mol. The monoisotopic (exact) mass is 532 g/mol. The van der Waals surface area contributed by atoms with Gasteiger partial charge in [-0.25, -0.2) is 4.79 Å². The van der Waals surface area contributed by atoms with Crippen molar-refractivity contribution < 1.29 is 9.53 Å². The number of carbonyl (C=O) groups excluding carboxylic acids is 1. The van der Waals surface area contributed by atoms with Crippen molar-refractivity contribution in [2.45, 2.75) is 39.8 Å². The fourth-order valence-electron chi connectivity index (χ4n) is 3.97. The third-order valence-corrected chi connectivity index (χ3v) is 6.36. The Labute approximate surface area is 197 Å². The molecule has 7 heteroatoms. The van der Waals surface area contributed by atoms with Crippen molar-refractivity contribution in [2.24, 2.45) is 0 Å². The molecule has 3 aromatic rings. The topological polar surface area (TPSA) is 61.5 Å². The molecule has 6 nitrogen and oxygen atoms in total. The smallest absolute Gasteiger partial charge is 0.410 e. The van der Waals surface area contributed by atoms with Gasteiger partial charge in [-0.05, 0) is 84.7 Å². The Morgan fingerprint density at radius 3 is 2.55 bits per heavy atom. The van der Waals surface area contributed by atoms with Gasteiger partial charge in [0.25, 0.3) is 0 Å². The van der Waals surface area contributed by atoms with Crippen LogP contribution in [0.3, 0.4) is 0 Å². The van der Waals surface area contributed by atoms with Crippen LogP contribution >= 0.6 is 22.6 Å². The lowest BCUT2D eigenvalue weighted by Crippen LogP contribution is -2.49. The Hall–Kier alpha value is -2.13. The van der Waals surface area contributed by atoms with Gasteiger partial charge in [0.2, 0.25) is 0 Å². The molecule has 0 spiro atoms. The van der Waals surface area contributed by atoms with E-state index in [0.717, 1.165) is 34.2 Å². The summed E-state index contributed by atoms with van der Waals surface area (Å²) in [4.78, 5) is 16.5. The standard InChI is InChI=1S/C24H29IN4O2/c1-16-13-17(15-28-9-11-29(12-10-28)23(30)31-24(2,3)4)5-7-19(16)18-6-8-21-20(14-18)22(25)27-26-21/h5-8,13-14H,9-12,15H2,1-4H3,(H,26,27). The summed E-state index contributed by atoms with van der Waals surface area (Å²) in [5.74, 6) is 0. The number of rotatable bonds is 3. The number of hydrogen-bond acceptors (Lipinski definition) is 4. The Morgan fingerprint density at radius 1 is 1.13 bits per heavy atom. The second kappa shape index (κ2) is 8.78. The van der Waals surface area contributed by atoms with E-state index in [2.05, 4.69) is 81.0 Å². The first-order valence-electron chi connectivity index (χ1n) is 10.6. The van der Waals surface area contributed by atoms with Crippen LogP contribution in [-0.2, 0) is 11.3 Å². The van der Waals surface area contributed by atoms with Gasteiger partial charge in [0.15, 0.2) is 0 Å². The van der Waals surface area contributed by atoms with Gasteiger partial charge < -0.3 is 9.64 Å². The highest BCUT2D eigenvalue weighted by Gasteiger charge is 2.25. The molecule has 2 aromatic carbocycles. The fraction of sp³-hybridized carbons (Fsp3) is 0.417. The molecule has 0 saturated carbocycles. The van der Waals surface area contributed by atoms with Crippen LogP contribution in [0.1, 0.15) is 31.9 Å². The van der Waals surface area contributed by atoms with Crippen LogP contribution in [0.4, 0.5) is 4.79 Å². The summed E-state index contributed by atoms with van der Waals surface area (Å²) >= 11 is 2.29. The second-order valence-electron chi connectivity index (χ2n) is 9.16. The number of ether oxygens (including phenoxy) is 1. The number of aromatic nitrogens is 2. The van der Waals surface area contributed by atoms with Crippen molar-refractivity contribution >= 4 is 39.6 Å². The van der Waals surface area contributed by atoms with Gasteiger partial charge in [-0.15, -0.1) is 0 Å². The van der Waals surface area contributed by atoms with E-state index in [4.69, 9.17) is 4.74 Å². The number of piperazine rings is 1. The largest absolute Gasteiger partial charge is 0.444 e. The molecule has 0 aliphatic carbocycles. The summed E-state index contributed by atoms with van der Waals surface area (Å²) in [6.07, 6.45) is -0.211. The van der Waals surface area contributed by atoms with E-state index in [1.165, 1.54) is 22.3 Å². The summed E-state index contributed by atoms with van der Waals surface area (Å²) < 4.78 is 6.56. The lowest BCUT2D eigenvalue weighted by molar-refractivity contribution is 0.0139. The molecule has 164 valence electrons. The van der Waals surface area contributed by atoms with Crippen LogP contribution in [0.5, 0.6) is 0 Å². The van der Waals surface area contributed by atoms with E-state index in [0.29, 0.717) is 13.1 Å². The highest BCUT2D eigenvalue weighted by atomic mass is 127. The molecular weight excluding hydrogens is 503 g/mol. The van der Waals surface area contributed by atoms with Gasteiger partial charge in [0.1, 0.15) is 9.30 Å². The van der Waals surface area contributed by atoms with Crippen LogP contribution in [0.25, 0.3) is 22.0 Å². The molecular formula is C24H29IN4O2. The van der Waals surface area contributed by atoms with Crippen LogP contribution in [-0.4, -0.2) is 57.9 Å². The molecule has 0 atom stereocenters. The lowest BCUT2D eigenvalue weighted by Gasteiger charge is -2.35. The number of nitrogens with one attached hydrogen (secondary N) is 1. The molecule has 4 rings (SSSR count). The average Bonchev–Trinajstić information content (AvgIpc) is 3.08. The number of aromatic amines is 1. The minimum absolute atomic E-state index is 0.211. The van der Waals surface area contributed by atoms with Crippen molar-refractivity contribution in [2.75, 3.05) is 26.2 Å². The molecule has 1 aromatic heterocycles. The summed E-state index contributed by atoms with van der Waals surface area (Å²) in [6, 6.07) is 13.1. The van der Waals surface area contributed by atoms with Gasteiger partial charge in [-0.2, -0.15) is 5.10 Å². The first-order chi connectivity index (χ1) is 14.7. The Morgan fingerprint density at radius 2 is 1.87 bits per heavy atom. The van der Waals surface area contributed by atoms with Gasteiger partial charge in [-0.3, -0.25) is 10.00 Å². The maximum atomic E-state index is 12.3. The van der Waals surface area contributed by atoms with Gasteiger partial charge >= 0.3 is 6.09 Å². The Balaban J connectivity index is 1.40. The van der Waals surface area contributed by atoms with Crippen molar-refractivity contribution in [3.05, 3.63) is 51.2 Å². The third kappa shape index (κ3) is 5.20. The molecule has 1 amide bonds. The number of fused-ring (bicyclic) bond motifs is 1.